The molecule has 0 radical (unpaired) electrons. The molecule has 0 bridgehead atoms. The molecule has 2 N–H and O–H groups in total. The summed E-state index contributed by atoms with van der Waals surface area (Å²) >= 11 is 0. The van der Waals surface area contributed by atoms with Crippen molar-refractivity contribution in [2.24, 2.45) is 5.73 Å². The fourth-order valence-corrected chi connectivity index (χ4v) is 2.42. The highest BCUT2D eigenvalue weighted by molar-refractivity contribution is 5.35. The van der Waals surface area contributed by atoms with E-state index in [1.54, 1.807) is 0 Å². The molecule has 1 atom stereocenters. The van der Waals surface area contributed by atoms with E-state index < -0.39 is 0 Å². The molecule has 14 heavy (non-hydrogen) atoms. The van der Waals surface area contributed by atoms with Crippen molar-refractivity contribution in [2.45, 2.75) is 44.6 Å². The zero-order valence-electron chi connectivity index (χ0n) is 9.09. The molecule has 0 aromatic heterocycles. The maximum Gasteiger partial charge on any atom is 0.00797 e. The van der Waals surface area contributed by atoms with Crippen LogP contribution in [0.15, 0.2) is 24.3 Å². The van der Waals surface area contributed by atoms with Crippen molar-refractivity contribution >= 4 is 0 Å². The quantitative estimate of drug-likeness (QED) is 0.624. The highest BCUT2D eigenvalue weighted by atomic mass is 14.6. The molecule has 1 aromatic rings. The Labute approximate surface area is 86.3 Å². The van der Waals surface area contributed by atoms with Crippen molar-refractivity contribution in [3.63, 3.8) is 0 Å². The average Bonchev–Trinajstić information content (AvgIpc) is 2.25. The summed E-state index contributed by atoms with van der Waals surface area (Å²) < 4.78 is 0. The summed E-state index contributed by atoms with van der Waals surface area (Å²) in [5.74, 6) is 0. The Morgan fingerprint density at radius 1 is 1.29 bits per heavy atom. The van der Waals surface area contributed by atoms with Crippen molar-refractivity contribution in [3.05, 3.63) is 35.4 Å². The maximum atomic E-state index is 6.07. The van der Waals surface area contributed by atoms with E-state index in [2.05, 4.69) is 38.1 Å². The summed E-state index contributed by atoms with van der Waals surface area (Å²) in [6.45, 7) is 4.65. The summed E-state index contributed by atoms with van der Waals surface area (Å²) in [4.78, 5) is 0. The molecular formula is C13H19N. The molecule has 0 heterocycles. The lowest BCUT2D eigenvalue weighted by Crippen LogP contribution is -2.22. The van der Waals surface area contributed by atoms with Crippen molar-refractivity contribution in [3.8, 4) is 0 Å². The van der Waals surface area contributed by atoms with Crippen LogP contribution in [0.5, 0.6) is 0 Å². The van der Waals surface area contributed by atoms with Gasteiger partial charge < -0.3 is 5.73 Å². The van der Waals surface area contributed by atoms with E-state index >= 15 is 0 Å². The molecular weight excluding hydrogens is 170 g/mol. The number of hydrogen-bond acceptors (Lipinski definition) is 1. The molecule has 0 saturated carbocycles. The monoisotopic (exact) mass is 189 g/mol. The standard InChI is InChI=1S/C13H19N/c1-13(2)8-7-11(14)9-10-5-3-4-6-12(10)13/h3-6,11H,7-9,14H2,1-2H3. The van der Waals surface area contributed by atoms with Gasteiger partial charge in [-0.25, -0.2) is 0 Å². The normalized spacial score (nSPS) is 25.2. The van der Waals surface area contributed by atoms with E-state index in [4.69, 9.17) is 5.73 Å². The first-order chi connectivity index (χ1) is 6.59. The summed E-state index contributed by atoms with van der Waals surface area (Å²) in [6.07, 6.45) is 3.38. The molecule has 1 aliphatic carbocycles. The fraction of sp³-hybridized carbons (Fsp3) is 0.538. The van der Waals surface area contributed by atoms with Crippen LogP contribution >= 0.6 is 0 Å². The Morgan fingerprint density at radius 3 is 2.79 bits per heavy atom. The molecule has 0 fully saturated rings. The van der Waals surface area contributed by atoms with Gasteiger partial charge in [-0.2, -0.15) is 0 Å². The van der Waals surface area contributed by atoms with Gasteiger partial charge in [0.2, 0.25) is 0 Å². The maximum absolute atomic E-state index is 6.07. The largest absolute Gasteiger partial charge is 0.327 e. The molecule has 0 aliphatic heterocycles. The fourth-order valence-electron chi connectivity index (χ4n) is 2.42. The van der Waals surface area contributed by atoms with Gasteiger partial charge in [-0.15, -0.1) is 0 Å². The second-order valence-electron chi connectivity index (χ2n) is 5.04. The average molecular weight is 189 g/mol. The van der Waals surface area contributed by atoms with Gasteiger partial charge in [0.05, 0.1) is 0 Å². The van der Waals surface area contributed by atoms with Crippen molar-refractivity contribution in [1.82, 2.24) is 0 Å². The molecule has 1 aliphatic rings. The Morgan fingerprint density at radius 2 is 2.00 bits per heavy atom. The van der Waals surface area contributed by atoms with Crippen molar-refractivity contribution in [2.75, 3.05) is 0 Å². The molecule has 0 amide bonds. The lowest BCUT2D eigenvalue weighted by Gasteiger charge is -2.25. The highest BCUT2D eigenvalue weighted by Crippen LogP contribution is 2.34. The third-order valence-electron chi connectivity index (χ3n) is 3.37. The van der Waals surface area contributed by atoms with Crippen LogP contribution in [0.2, 0.25) is 0 Å². The number of rotatable bonds is 0. The Bertz CT molecular complexity index is 328. The van der Waals surface area contributed by atoms with Gasteiger partial charge in [0.15, 0.2) is 0 Å². The van der Waals surface area contributed by atoms with Crippen molar-refractivity contribution in [1.29, 1.82) is 0 Å². The Hall–Kier alpha value is -0.820. The summed E-state index contributed by atoms with van der Waals surface area (Å²) in [6, 6.07) is 9.08. The van der Waals surface area contributed by atoms with E-state index in [0.29, 0.717) is 11.5 Å². The van der Waals surface area contributed by atoms with Crippen LogP contribution in [0.25, 0.3) is 0 Å². The SMILES string of the molecule is CC1(C)CCC(N)Cc2ccccc21. The van der Waals surface area contributed by atoms with Gasteiger partial charge >= 0.3 is 0 Å². The molecule has 1 heteroatoms. The van der Waals surface area contributed by atoms with Gasteiger partial charge in [0.25, 0.3) is 0 Å². The molecule has 0 saturated heterocycles. The number of nitrogens with two attached hydrogens (primary N) is 1. The summed E-state index contributed by atoms with van der Waals surface area (Å²) in [5, 5.41) is 0. The molecule has 76 valence electrons. The molecule has 2 rings (SSSR count). The number of hydrogen-bond donors (Lipinski definition) is 1. The minimum Gasteiger partial charge on any atom is -0.327 e. The first-order valence-corrected chi connectivity index (χ1v) is 5.43. The zero-order valence-corrected chi connectivity index (χ0v) is 9.09. The van der Waals surface area contributed by atoms with Gasteiger partial charge in [-0.3, -0.25) is 0 Å². The van der Waals surface area contributed by atoms with Gasteiger partial charge in [0.1, 0.15) is 0 Å². The van der Waals surface area contributed by atoms with Gasteiger partial charge in [0, 0.05) is 6.04 Å². The van der Waals surface area contributed by atoms with Crippen LogP contribution in [0.4, 0.5) is 0 Å². The van der Waals surface area contributed by atoms with Crippen LogP contribution in [-0.2, 0) is 11.8 Å². The minimum absolute atomic E-state index is 0.296. The lowest BCUT2D eigenvalue weighted by atomic mass is 9.80. The van der Waals surface area contributed by atoms with Gasteiger partial charge in [-0.1, -0.05) is 38.1 Å². The van der Waals surface area contributed by atoms with E-state index in [-0.39, 0.29) is 0 Å². The molecule has 1 unspecified atom stereocenters. The second kappa shape index (κ2) is 3.39. The smallest absolute Gasteiger partial charge is 0.00797 e. The van der Waals surface area contributed by atoms with Crippen LogP contribution in [0.3, 0.4) is 0 Å². The first kappa shape index (κ1) is 9.72. The molecule has 1 aromatic carbocycles. The second-order valence-corrected chi connectivity index (χ2v) is 5.04. The number of fused-ring (bicyclic) bond motifs is 1. The lowest BCUT2D eigenvalue weighted by molar-refractivity contribution is 0.449. The Balaban J connectivity index is 2.47. The van der Waals surface area contributed by atoms with Crippen LogP contribution in [0.1, 0.15) is 37.8 Å². The predicted molar refractivity (Wildman–Crippen MR) is 60.4 cm³/mol. The number of benzene rings is 1. The Kier molecular flexibility index (Phi) is 2.36. The summed E-state index contributed by atoms with van der Waals surface area (Å²) in [5.41, 5.74) is 9.31. The third kappa shape index (κ3) is 1.69. The van der Waals surface area contributed by atoms with Gasteiger partial charge in [-0.05, 0) is 35.8 Å². The summed E-state index contributed by atoms with van der Waals surface area (Å²) in [7, 11) is 0. The molecule has 0 spiro atoms. The van der Waals surface area contributed by atoms with E-state index in [0.717, 1.165) is 12.8 Å². The highest BCUT2D eigenvalue weighted by Gasteiger charge is 2.27. The van der Waals surface area contributed by atoms with Crippen LogP contribution < -0.4 is 5.73 Å². The third-order valence-corrected chi connectivity index (χ3v) is 3.37. The predicted octanol–water partition coefficient (Wildman–Crippen LogP) is 2.63. The molecule has 1 nitrogen and oxygen atoms in total. The van der Waals surface area contributed by atoms with E-state index in [1.165, 1.54) is 17.5 Å². The topological polar surface area (TPSA) is 26.0 Å². The minimum atomic E-state index is 0.296. The van der Waals surface area contributed by atoms with Crippen LogP contribution in [-0.4, -0.2) is 6.04 Å². The first-order valence-electron chi connectivity index (χ1n) is 5.43. The van der Waals surface area contributed by atoms with E-state index in [1.807, 2.05) is 0 Å². The zero-order chi connectivity index (χ0) is 10.2. The van der Waals surface area contributed by atoms with Crippen molar-refractivity contribution < 1.29 is 0 Å². The van der Waals surface area contributed by atoms with Crippen LogP contribution in [0, 0.1) is 0 Å². The van der Waals surface area contributed by atoms with E-state index in [9.17, 15) is 0 Å².